The number of benzene rings is 1. The summed E-state index contributed by atoms with van der Waals surface area (Å²) < 4.78 is 11.8. The minimum atomic E-state index is -0.784. The van der Waals surface area contributed by atoms with Crippen molar-refractivity contribution in [3.05, 3.63) is 28.3 Å². The third-order valence-corrected chi connectivity index (χ3v) is 4.88. The molecule has 23 heavy (non-hydrogen) atoms. The van der Waals surface area contributed by atoms with Crippen LogP contribution in [0.1, 0.15) is 27.2 Å². The van der Waals surface area contributed by atoms with Crippen LogP contribution in [-0.4, -0.2) is 32.9 Å². The highest BCUT2D eigenvalue weighted by atomic mass is 32.2. The molecule has 0 amide bonds. The maximum atomic E-state index is 11.1. The molecule has 0 aromatic heterocycles. The molecule has 1 aromatic rings. The van der Waals surface area contributed by atoms with Crippen LogP contribution < -0.4 is 4.74 Å². The number of nitro groups is 1. The van der Waals surface area contributed by atoms with Gasteiger partial charge in [0.25, 0.3) is 5.69 Å². The summed E-state index contributed by atoms with van der Waals surface area (Å²) in [6, 6.07) is 5.00. The van der Waals surface area contributed by atoms with Crippen LogP contribution in [0.15, 0.2) is 23.1 Å². The summed E-state index contributed by atoms with van der Waals surface area (Å²) in [6.07, 6.45) is 2.70. The molecule has 1 unspecified atom stereocenters. The van der Waals surface area contributed by atoms with Crippen LogP contribution in [-0.2, 0) is 4.43 Å². The zero-order valence-electron chi connectivity index (χ0n) is 14.7. The van der Waals surface area contributed by atoms with Gasteiger partial charge in [-0.15, -0.1) is 11.8 Å². The van der Waals surface area contributed by atoms with Crippen molar-refractivity contribution >= 4 is 26.5 Å². The van der Waals surface area contributed by atoms with E-state index in [1.807, 2.05) is 6.26 Å². The van der Waals surface area contributed by atoms with E-state index < -0.39 is 9.04 Å². The number of ether oxygens (including phenoxy) is 1. The molecule has 0 heterocycles. The molecule has 7 heteroatoms. The Labute approximate surface area is 144 Å². The maximum Gasteiger partial charge on any atom is 0.286 e. The van der Waals surface area contributed by atoms with Crippen molar-refractivity contribution in [2.45, 2.75) is 51.3 Å². The van der Waals surface area contributed by atoms with Gasteiger partial charge in [0.1, 0.15) is 5.75 Å². The first-order valence-electron chi connectivity index (χ1n) is 7.57. The van der Waals surface area contributed by atoms with E-state index in [0.29, 0.717) is 17.3 Å². The molecule has 0 aliphatic heterocycles. The van der Waals surface area contributed by atoms with Crippen LogP contribution in [0, 0.1) is 15.5 Å². The fourth-order valence-electron chi connectivity index (χ4n) is 2.14. The number of nitro benzene ring substituents is 1. The topological polar surface area (TPSA) is 61.6 Å². The van der Waals surface area contributed by atoms with Gasteiger partial charge in [0.2, 0.25) is 9.04 Å². The fourth-order valence-corrected chi connectivity index (χ4v) is 3.73. The van der Waals surface area contributed by atoms with Crippen LogP contribution in [0.2, 0.25) is 13.1 Å². The molecule has 0 saturated carbocycles. The van der Waals surface area contributed by atoms with Crippen molar-refractivity contribution < 1.29 is 14.1 Å². The van der Waals surface area contributed by atoms with Crippen LogP contribution in [0.25, 0.3) is 0 Å². The second-order valence-electron chi connectivity index (χ2n) is 6.61. The Morgan fingerprint density at radius 3 is 2.48 bits per heavy atom. The highest BCUT2D eigenvalue weighted by molar-refractivity contribution is 7.98. The molecule has 1 atom stereocenters. The molecule has 0 N–H and O–H groups in total. The lowest BCUT2D eigenvalue weighted by Gasteiger charge is -2.32. The first-order chi connectivity index (χ1) is 10.6. The van der Waals surface area contributed by atoms with E-state index in [9.17, 15) is 10.1 Å². The predicted molar refractivity (Wildman–Crippen MR) is 96.8 cm³/mol. The molecule has 0 spiro atoms. The third kappa shape index (κ3) is 6.53. The van der Waals surface area contributed by atoms with E-state index in [0.717, 1.165) is 6.42 Å². The molecule has 5 nitrogen and oxygen atoms in total. The van der Waals surface area contributed by atoms with Crippen molar-refractivity contribution in [1.82, 2.24) is 0 Å². The molecule has 0 bridgehead atoms. The highest BCUT2D eigenvalue weighted by Crippen LogP contribution is 2.31. The van der Waals surface area contributed by atoms with E-state index in [1.54, 1.807) is 12.1 Å². The van der Waals surface area contributed by atoms with Gasteiger partial charge in [0.05, 0.1) is 28.6 Å². The number of nitrogens with zero attached hydrogens (tertiary/aromatic N) is 1. The summed E-state index contributed by atoms with van der Waals surface area (Å²) >= 11 is 1.36. The second kappa shape index (κ2) is 8.70. The Morgan fingerprint density at radius 2 is 2.00 bits per heavy atom. The standard InChI is InChI=1S/C16H26NO4SSi/c1-16(2,3)15(21-23(5)6)9-10-20-12-7-8-14(22-4)13(11-12)17(18)19/h7-8,11,15H,9-10H2,1-6H3. The molecular formula is C16H26NO4SSi. The molecule has 0 aliphatic rings. The zero-order chi connectivity index (χ0) is 17.6. The Balaban J connectivity index is 2.70. The molecule has 0 fully saturated rings. The average Bonchev–Trinajstić information content (AvgIpc) is 2.44. The van der Waals surface area contributed by atoms with Crippen molar-refractivity contribution in [1.29, 1.82) is 0 Å². The monoisotopic (exact) mass is 356 g/mol. The molecule has 0 saturated heterocycles. The Kier molecular flexibility index (Phi) is 7.56. The van der Waals surface area contributed by atoms with Gasteiger partial charge in [-0.3, -0.25) is 10.1 Å². The van der Waals surface area contributed by atoms with Crippen molar-refractivity contribution in [2.75, 3.05) is 12.9 Å². The molecule has 1 aromatic carbocycles. The zero-order valence-corrected chi connectivity index (χ0v) is 16.5. The summed E-state index contributed by atoms with van der Waals surface area (Å²) in [5.41, 5.74) is 0.131. The number of thioether (sulfide) groups is 1. The number of rotatable bonds is 8. The Bertz CT molecular complexity index is 531. The number of hydrogen-bond donors (Lipinski definition) is 0. The molecule has 0 aliphatic carbocycles. The first kappa shape index (κ1) is 20.0. The summed E-state index contributed by atoms with van der Waals surface area (Å²) in [7, 11) is -0.784. The second-order valence-corrected chi connectivity index (χ2v) is 9.51. The predicted octanol–water partition coefficient (Wildman–Crippen LogP) is 4.77. The van der Waals surface area contributed by atoms with Crippen molar-refractivity contribution in [3.63, 3.8) is 0 Å². The third-order valence-electron chi connectivity index (χ3n) is 3.34. The van der Waals surface area contributed by atoms with Gasteiger partial charge in [-0.1, -0.05) is 20.8 Å². The van der Waals surface area contributed by atoms with E-state index in [4.69, 9.17) is 9.16 Å². The van der Waals surface area contributed by atoms with E-state index >= 15 is 0 Å². The molecule has 1 radical (unpaired) electrons. The van der Waals surface area contributed by atoms with Gasteiger partial charge in [0, 0.05) is 6.42 Å². The molecule has 1 rings (SSSR count). The van der Waals surface area contributed by atoms with E-state index in [2.05, 4.69) is 33.9 Å². The minimum absolute atomic E-state index is 0.0417. The van der Waals surface area contributed by atoms with E-state index in [1.165, 1.54) is 17.8 Å². The van der Waals surface area contributed by atoms with Gasteiger partial charge in [-0.25, -0.2) is 0 Å². The quantitative estimate of drug-likeness (QED) is 0.291. The number of hydrogen-bond acceptors (Lipinski definition) is 5. The summed E-state index contributed by atoms with van der Waals surface area (Å²) in [4.78, 5) is 11.4. The summed E-state index contributed by atoms with van der Waals surface area (Å²) in [5, 5.41) is 11.1. The largest absolute Gasteiger partial charge is 0.493 e. The molecule has 129 valence electrons. The average molecular weight is 357 g/mol. The Hall–Kier alpha value is -1.05. The van der Waals surface area contributed by atoms with Gasteiger partial charge in [0.15, 0.2) is 0 Å². The smallest absolute Gasteiger partial charge is 0.286 e. The first-order valence-corrected chi connectivity index (χ1v) is 11.2. The van der Waals surface area contributed by atoms with Crippen molar-refractivity contribution in [3.8, 4) is 5.75 Å². The van der Waals surface area contributed by atoms with Gasteiger partial charge in [-0.2, -0.15) is 0 Å². The van der Waals surface area contributed by atoms with Crippen LogP contribution in [0.3, 0.4) is 0 Å². The maximum absolute atomic E-state index is 11.1. The van der Waals surface area contributed by atoms with Crippen molar-refractivity contribution in [2.24, 2.45) is 5.41 Å². The lowest BCUT2D eigenvalue weighted by molar-refractivity contribution is -0.387. The minimum Gasteiger partial charge on any atom is -0.493 e. The SMILES string of the molecule is CSc1ccc(OCCC(O[Si](C)C)C(C)(C)C)cc1[N+](=O)[O-]. The highest BCUT2D eigenvalue weighted by Gasteiger charge is 2.26. The Morgan fingerprint density at radius 1 is 1.35 bits per heavy atom. The van der Waals surface area contributed by atoms with E-state index in [-0.39, 0.29) is 22.1 Å². The van der Waals surface area contributed by atoms with Crippen LogP contribution >= 0.6 is 11.8 Å². The van der Waals surface area contributed by atoms with Gasteiger partial charge in [-0.05, 0) is 36.9 Å². The fraction of sp³-hybridized carbons (Fsp3) is 0.625. The van der Waals surface area contributed by atoms with Crippen LogP contribution in [0.4, 0.5) is 5.69 Å². The molecular weight excluding hydrogens is 330 g/mol. The van der Waals surface area contributed by atoms with Crippen LogP contribution in [0.5, 0.6) is 5.75 Å². The summed E-state index contributed by atoms with van der Waals surface area (Å²) in [5.74, 6) is 0.528. The lowest BCUT2D eigenvalue weighted by atomic mass is 9.87. The van der Waals surface area contributed by atoms with Gasteiger partial charge < -0.3 is 9.16 Å². The summed E-state index contributed by atoms with van der Waals surface area (Å²) in [6.45, 7) is 11.2. The lowest BCUT2D eigenvalue weighted by Crippen LogP contribution is -2.34. The van der Waals surface area contributed by atoms with Gasteiger partial charge >= 0.3 is 0 Å². The normalized spacial score (nSPS) is 13.2.